The van der Waals surface area contributed by atoms with E-state index in [1.165, 1.54) is 0 Å². The normalized spacial score (nSPS) is 14.4. The molecule has 3 rings (SSSR count). The Morgan fingerprint density at radius 1 is 1.12 bits per heavy atom. The number of aromatic nitrogens is 2. The number of methoxy groups -OCH3 is 1. The van der Waals surface area contributed by atoms with Crippen LogP contribution in [0.3, 0.4) is 0 Å². The zero-order valence-corrected chi connectivity index (χ0v) is 14.0. The van der Waals surface area contributed by atoms with E-state index in [2.05, 4.69) is 10.00 Å². The van der Waals surface area contributed by atoms with Gasteiger partial charge in [0.25, 0.3) is 11.1 Å². The molecule has 0 unspecified atom stereocenters. The van der Waals surface area contributed by atoms with E-state index in [1.54, 1.807) is 12.0 Å². The van der Waals surface area contributed by atoms with Crippen molar-refractivity contribution in [1.82, 2.24) is 14.7 Å². The number of ether oxygens (including phenoxy) is 1. The minimum Gasteiger partial charge on any atom is -0.497 e. The Labute approximate surface area is 144 Å². The van der Waals surface area contributed by atoms with Gasteiger partial charge in [-0.25, -0.2) is 4.68 Å². The molecule has 1 saturated heterocycles. The maximum atomic E-state index is 12.4. The number of carbonyl (C=O) groups is 1. The molecule has 1 aromatic heterocycles. The molecule has 1 fully saturated rings. The number of anilines is 1. The predicted octanol–water partition coefficient (Wildman–Crippen LogP) is -0.106. The maximum absolute atomic E-state index is 12.4. The Balaban J connectivity index is 1.61. The van der Waals surface area contributed by atoms with Crippen molar-refractivity contribution in [1.29, 1.82) is 0 Å². The van der Waals surface area contributed by atoms with Crippen LogP contribution in [0.15, 0.2) is 46.0 Å². The predicted molar refractivity (Wildman–Crippen MR) is 93.1 cm³/mol. The zero-order chi connectivity index (χ0) is 17.8. The Morgan fingerprint density at radius 3 is 2.60 bits per heavy atom. The fourth-order valence-electron chi connectivity index (χ4n) is 2.84. The largest absolute Gasteiger partial charge is 0.497 e. The number of amides is 1. The lowest BCUT2D eigenvalue weighted by Gasteiger charge is -2.36. The lowest BCUT2D eigenvalue weighted by atomic mass is 10.2. The third-order valence-electron chi connectivity index (χ3n) is 4.23. The van der Waals surface area contributed by atoms with Gasteiger partial charge in [-0.05, 0) is 12.1 Å². The van der Waals surface area contributed by atoms with Gasteiger partial charge >= 0.3 is 0 Å². The van der Waals surface area contributed by atoms with E-state index < -0.39 is 11.1 Å². The topological polar surface area (TPSA) is 87.6 Å². The van der Waals surface area contributed by atoms with Gasteiger partial charge in [-0.1, -0.05) is 6.07 Å². The third-order valence-corrected chi connectivity index (χ3v) is 4.23. The minimum atomic E-state index is -0.407. The second kappa shape index (κ2) is 7.25. The quantitative estimate of drug-likeness (QED) is 0.836. The van der Waals surface area contributed by atoms with Gasteiger partial charge < -0.3 is 14.5 Å². The highest BCUT2D eigenvalue weighted by Crippen LogP contribution is 2.22. The van der Waals surface area contributed by atoms with E-state index in [1.807, 2.05) is 24.3 Å². The Morgan fingerprint density at radius 2 is 1.88 bits per heavy atom. The first-order valence-electron chi connectivity index (χ1n) is 8.04. The molecule has 8 heteroatoms. The first-order chi connectivity index (χ1) is 12.1. The summed E-state index contributed by atoms with van der Waals surface area (Å²) in [4.78, 5) is 39.3. The number of nitrogens with zero attached hydrogens (tertiary/aromatic N) is 3. The fourth-order valence-corrected chi connectivity index (χ4v) is 2.84. The molecule has 1 aliphatic heterocycles. The SMILES string of the molecule is COc1cccc(N2CCN(C(=O)Cn3[nH]c(=O)ccc3=O)CC2)c1. The number of H-pyrrole nitrogens is 1. The average Bonchev–Trinajstić information content (AvgIpc) is 2.65. The number of aromatic amines is 1. The molecule has 1 aliphatic rings. The molecule has 2 aromatic rings. The van der Waals surface area contributed by atoms with Crippen molar-refractivity contribution in [2.24, 2.45) is 0 Å². The molecule has 2 heterocycles. The second-order valence-electron chi connectivity index (χ2n) is 5.80. The van der Waals surface area contributed by atoms with Crippen LogP contribution >= 0.6 is 0 Å². The van der Waals surface area contributed by atoms with Crippen LogP contribution in [0.2, 0.25) is 0 Å². The maximum Gasteiger partial charge on any atom is 0.265 e. The van der Waals surface area contributed by atoms with Crippen LogP contribution in [0.25, 0.3) is 0 Å². The summed E-state index contributed by atoms with van der Waals surface area (Å²) in [6.45, 7) is 2.34. The summed E-state index contributed by atoms with van der Waals surface area (Å²) in [5.41, 5.74) is 0.244. The van der Waals surface area contributed by atoms with Crippen molar-refractivity contribution in [2.45, 2.75) is 6.54 Å². The molecule has 132 valence electrons. The van der Waals surface area contributed by atoms with Crippen molar-refractivity contribution < 1.29 is 9.53 Å². The Hall–Kier alpha value is -3.03. The minimum absolute atomic E-state index is 0.159. The number of hydrogen-bond donors (Lipinski definition) is 1. The highest BCUT2D eigenvalue weighted by atomic mass is 16.5. The Kier molecular flexibility index (Phi) is 4.87. The van der Waals surface area contributed by atoms with Gasteiger partial charge in [0.15, 0.2) is 0 Å². The number of nitrogens with one attached hydrogen (secondary N) is 1. The van der Waals surface area contributed by atoms with Crippen LogP contribution in [0.4, 0.5) is 5.69 Å². The first-order valence-corrected chi connectivity index (χ1v) is 8.04. The van der Waals surface area contributed by atoms with Crippen molar-refractivity contribution in [3.8, 4) is 5.75 Å². The van der Waals surface area contributed by atoms with E-state index in [-0.39, 0.29) is 12.5 Å². The zero-order valence-electron chi connectivity index (χ0n) is 14.0. The van der Waals surface area contributed by atoms with E-state index in [4.69, 9.17) is 4.74 Å². The molecule has 1 aromatic carbocycles. The average molecular weight is 344 g/mol. The summed E-state index contributed by atoms with van der Waals surface area (Å²) >= 11 is 0. The molecule has 0 bridgehead atoms. The molecule has 1 N–H and O–H groups in total. The van der Waals surface area contributed by atoms with E-state index in [9.17, 15) is 14.4 Å². The van der Waals surface area contributed by atoms with Gasteiger partial charge in [0.2, 0.25) is 5.91 Å². The standard InChI is InChI=1S/C17H20N4O4/c1-25-14-4-2-3-13(11-14)19-7-9-20(10-8-19)17(24)12-21-16(23)6-5-15(22)18-21/h2-6,11H,7-10,12H2,1H3,(H,18,22). The van der Waals surface area contributed by atoms with Gasteiger partial charge in [-0.2, -0.15) is 0 Å². The van der Waals surface area contributed by atoms with Gasteiger partial charge in [0, 0.05) is 50.1 Å². The molecule has 8 nitrogen and oxygen atoms in total. The van der Waals surface area contributed by atoms with Crippen molar-refractivity contribution in [3.63, 3.8) is 0 Å². The third kappa shape index (κ3) is 3.90. The smallest absolute Gasteiger partial charge is 0.265 e. The van der Waals surface area contributed by atoms with E-state index in [0.717, 1.165) is 28.3 Å². The van der Waals surface area contributed by atoms with Crippen LogP contribution in [0.5, 0.6) is 5.75 Å². The highest BCUT2D eigenvalue weighted by Gasteiger charge is 2.22. The fraction of sp³-hybridized carbons (Fsp3) is 0.353. The Bertz CT molecular complexity index is 865. The molecule has 1 amide bonds. The van der Waals surface area contributed by atoms with Crippen LogP contribution in [0, 0.1) is 0 Å². The number of rotatable bonds is 4. The second-order valence-corrected chi connectivity index (χ2v) is 5.80. The molecule has 0 radical (unpaired) electrons. The van der Waals surface area contributed by atoms with Gasteiger partial charge in [0.05, 0.1) is 7.11 Å². The van der Waals surface area contributed by atoms with Crippen molar-refractivity contribution >= 4 is 11.6 Å². The molecule has 0 aliphatic carbocycles. The molecule has 25 heavy (non-hydrogen) atoms. The van der Waals surface area contributed by atoms with Crippen LogP contribution in [-0.2, 0) is 11.3 Å². The van der Waals surface area contributed by atoms with Crippen LogP contribution < -0.4 is 20.8 Å². The molecular weight excluding hydrogens is 324 g/mol. The van der Waals surface area contributed by atoms with Crippen LogP contribution in [-0.4, -0.2) is 53.9 Å². The van der Waals surface area contributed by atoms with Crippen molar-refractivity contribution in [3.05, 3.63) is 57.1 Å². The summed E-state index contributed by atoms with van der Waals surface area (Å²) in [5, 5.41) is 2.37. The monoisotopic (exact) mass is 344 g/mol. The molecule has 0 spiro atoms. The molecule has 0 saturated carbocycles. The van der Waals surface area contributed by atoms with Crippen molar-refractivity contribution in [2.75, 3.05) is 38.2 Å². The first kappa shape index (κ1) is 16.8. The highest BCUT2D eigenvalue weighted by molar-refractivity contribution is 5.76. The summed E-state index contributed by atoms with van der Waals surface area (Å²) in [7, 11) is 1.63. The number of benzene rings is 1. The van der Waals surface area contributed by atoms with E-state index in [0.29, 0.717) is 26.2 Å². The summed E-state index contributed by atoms with van der Waals surface area (Å²) in [6.07, 6.45) is 0. The van der Waals surface area contributed by atoms with Crippen LogP contribution in [0.1, 0.15) is 0 Å². The summed E-state index contributed by atoms with van der Waals surface area (Å²) in [6, 6.07) is 10.1. The number of piperazine rings is 1. The number of hydrogen-bond acceptors (Lipinski definition) is 5. The lowest BCUT2D eigenvalue weighted by Crippen LogP contribution is -2.50. The van der Waals surface area contributed by atoms with Gasteiger partial charge in [0.1, 0.15) is 12.3 Å². The number of carbonyl (C=O) groups excluding carboxylic acids is 1. The van der Waals surface area contributed by atoms with E-state index >= 15 is 0 Å². The summed E-state index contributed by atoms with van der Waals surface area (Å²) in [5.74, 6) is 0.609. The summed E-state index contributed by atoms with van der Waals surface area (Å²) < 4.78 is 6.28. The van der Waals surface area contributed by atoms with Gasteiger partial charge in [-0.15, -0.1) is 0 Å². The molecule has 0 atom stereocenters. The molecular formula is C17H20N4O4. The van der Waals surface area contributed by atoms with Gasteiger partial charge in [-0.3, -0.25) is 19.5 Å². The lowest BCUT2D eigenvalue weighted by molar-refractivity contribution is -0.132.